The van der Waals surface area contributed by atoms with Crippen molar-refractivity contribution in [3.8, 4) is 5.75 Å². The van der Waals surface area contributed by atoms with Crippen molar-refractivity contribution in [3.63, 3.8) is 0 Å². The van der Waals surface area contributed by atoms with Crippen LogP contribution < -0.4 is 10.1 Å². The Balaban J connectivity index is 2.05. The normalized spacial score (nSPS) is 11.9. The van der Waals surface area contributed by atoms with Gasteiger partial charge in [0.15, 0.2) is 0 Å². The van der Waals surface area contributed by atoms with Gasteiger partial charge in [-0.25, -0.2) is 0 Å². The molecule has 1 N–H and O–H groups in total. The molecule has 0 spiro atoms. The van der Waals surface area contributed by atoms with E-state index in [1.807, 2.05) is 37.3 Å². The van der Waals surface area contributed by atoms with Gasteiger partial charge in [0.05, 0.1) is 6.54 Å². The van der Waals surface area contributed by atoms with Crippen LogP contribution in [0.2, 0.25) is 0 Å². The summed E-state index contributed by atoms with van der Waals surface area (Å²) >= 11 is 0. The maximum Gasteiger partial charge on any atom is 0.320 e. The van der Waals surface area contributed by atoms with Gasteiger partial charge in [-0.15, -0.1) is 0 Å². The highest BCUT2D eigenvalue weighted by Crippen LogP contribution is 2.07. The predicted octanol–water partition coefficient (Wildman–Crippen LogP) is 2.00. The largest absolute Gasteiger partial charge is 0.490 e. The van der Waals surface area contributed by atoms with Gasteiger partial charge in [0, 0.05) is 6.04 Å². The number of carbonyl (C=O) groups excluding carboxylic acids is 1. The number of carbonyl (C=O) groups is 1. The summed E-state index contributed by atoms with van der Waals surface area (Å²) in [5.41, 5.74) is 0. The summed E-state index contributed by atoms with van der Waals surface area (Å²) in [4.78, 5) is 11.3. The molecule has 4 heteroatoms. The zero-order valence-corrected chi connectivity index (χ0v) is 11.0. The summed E-state index contributed by atoms with van der Waals surface area (Å²) in [6.45, 7) is 5.00. The maximum atomic E-state index is 11.3. The minimum absolute atomic E-state index is 0.244. The van der Waals surface area contributed by atoms with Crippen LogP contribution in [0.3, 0.4) is 0 Å². The number of para-hydroxylation sites is 1. The molecule has 0 saturated carbocycles. The van der Waals surface area contributed by atoms with Crippen LogP contribution in [0.4, 0.5) is 0 Å². The summed E-state index contributed by atoms with van der Waals surface area (Å²) < 4.78 is 10.4. The Morgan fingerprint density at radius 1 is 1.28 bits per heavy atom. The van der Waals surface area contributed by atoms with Gasteiger partial charge in [-0.2, -0.15) is 0 Å². The highest BCUT2D eigenvalue weighted by Gasteiger charge is 2.04. The van der Waals surface area contributed by atoms with Crippen molar-refractivity contribution in [2.75, 3.05) is 19.8 Å². The molecular formula is C14H21NO3. The van der Waals surface area contributed by atoms with Crippen molar-refractivity contribution in [3.05, 3.63) is 30.3 Å². The van der Waals surface area contributed by atoms with E-state index in [0.29, 0.717) is 12.6 Å². The fourth-order valence-electron chi connectivity index (χ4n) is 1.28. The Morgan fingerprint density at radius 3 is 2.67 bits per heavy atom. The molecular weight excluding hydrogens is 230 g/mol. The van der Waals surface area contributed by atoms with Crippen LogP contribution in [-0.4, -0.2) is 31.8 Å². The Bertz CT molecular complexity index is 340. The van der Waals surface area contributed by atoms with Crippen LogP contribution in [0.25, 0.3) is 0 Å². The molecule has 100 valence electrons. The monoisotopic (exact) mass is 251 g/mol. The summed E-state index contributed by atoms with van der Waals surface area (Å²) in [6.07, 6.45) is 0.990. The van der Waals surface area contributed by atoms with Crippen LogP contribution in [0.15, 0.2) is 30.3 Å². The van der Waals surface area contributed by atoms with E-state index in [0.717, 1.165) is 12.2 Å². The smallest absolute Gasteiger partial charge is 0.320 e. The van der Waals surface area contributed by atoms with E-state index in [-0.39, 0.29) is 19.1 Å². The predicted molar refractivity (Wildman–Crippen MR) is 70.7 cm³/mol. The fourth-order valence-corrected chi connectivity index (χ4v) is 1.28. The molecule has 0 aliphatic rings. The molecule has 1 unspecified atom stereocenters. The van der Waals surface area contributed by atoms with Gasteiger partial charge < -0.3 is 14.8 Å². The summed E-state index contributed by atoms with van der Waals surface area (Å²) in [7, 11) is 0. The van der Waals surface area contributed by atoms with Crippen LogP contribution in [-0.2, 0) is 9.53 Å². The molecule has 0 heterocycles. The maximum absolute atomic E-state index is 11.3. The Hall–Kier alpha value is -1.55. The SMILES string of the molecule is CCC(C)NCC(=O)OCCOc1ccccc1. The van der Waals surface area contributed by atoms with Crippen LogP contribution in [0, 0.1) is 0 Å². The number of nitrogens with one attached hydrogen (secondary N) is 1. The Kier molecular flexibility index (Phi) is 6.87. The van der Waals surface area contributed by atoms with Crippen molar-refractivity contribution >= 4 is 5.97 Å². The Morgan fingerprint density at radius 2 is 2.00 bits per heavy atom. The third-order valence-corrected chi connectivity index (χ3v) is 2.57. The summed E-state index contributed by atoms with van der Waals surface area (Å²) in [6, 6.07) is 9.79. The quantitative estimate of drug-likeness (QED) is 0.567. The molecule has 0 saturated heterocycles. The third-order valence-electron chi connectivity index (χ3n) is 2.57. The van der Waals surface area contributed by atoms with E-state index in [1.54, 1.807) is 0 Å². The number of benzene rings is 1. The van der Waals surface area contributed by atoms with Crippen molar-refractivity contribution in [1.82, 2.24) is 5.32 Å². The minimum atomic E-state index is -0.244. The fraction of sp³-hybridized carbons (Fsp3) is 0.500. The first-order valence-corrected chi connectivity index (χ1v) is 6.29. The van der Waals surface area contributed by atoms with Crippen LogP contribution in [0.5, 0.6) is 5.75 Å². The van der Waals surface area contributed by atoms with Crippen molar-refractivity contribution in [1.29, 1.82) is 0 Å². The van der Waals surface area contributed by atoms with Gasteiger partial charge in [0.2, 0.25) is 0 Å². The molecule has 0 aliphatic carbocycles. The lowest BCUT2D eigenvalue weighted by Crippen LogP contribution is -2.32. The van der Waals surface area contributed by atoms with Gasteiger partial charge in [-0.05, 0) is 25.5 Å². The highest BCUT2D eigenvalue weighted by atomic mass is 16.6. The molecule has 0 aliphatic heterocycles. The molecule has 0 bridgehead atoms. The molecule has 18 heavy (non-hydrogen) atoms. The minimum Gasteiger partial charge on any atom is -0.490 e. The van der Waals surface area contributed by atoms with Gasteiger partial charge >= 0.3 is 5.97 Å². The summed E-state index contributed by atoms with van der Waals surface area (Å²) in [5.74, 6) is 0.540. The second-order valence-corrected chi connectivity index (χ2v) is 4.07. The molecule has 0 radical (unpaired) electrons. The first kappa shape index (κ1) is 14.5. The average molecular weight is 251 g/mol. The van der Waals surface area contributed by atoms with E-state index in [9.17, 15) is 4.79 Å². The second kappa shape index (κ2) is 8.53. The molecule has 0 amide bonds. The number of hydrogen-bond acceptors (Lipinski definition) is 4. The zero-order valence-electron chi connectivity index (χ0n) is 11.0. The summed E-state index contributed by atoms with van der Waals surface area (Å²) in [5, 5.41) is 3.08. The van der Waals surface area contributed by atoms with E-state index < -0.39 is 0 Å². The molecule has 0 fully saturated rings. The van der Waals surface area contributed by atoms with Crippen LogP contribution in [0.1, 0.15) is 20.3 Å². The number of esters is 1. The second-order valence-electron chi connectivity index (χ2n) is 4.07. The lowest BCUT2D eigenvalue weighted by Gasteiger charge is -2.11. The van der Waals surface area contributed by atoms with Gasteiger partial charge in [0.25, 0.3) is 0 Å². The number of ether oxygens (including phenoxy) is 2. The van der Waals surface area contributed by atoms with Gasteiger partial charge in [-0.1, -0.05) is 25.1 Å². The molecule has 1 aromatic carbocycles. The van der Waals surface area contributed by atoms with E-state index >= 15 is 0 Å². The first-order chi connectivity index (χ1) is 8.72. The Labute approximate surface area is 108 Å². The van der Waals surface area contributed by atoms with E-state index in [2.05, 4.69) is 12.2 Å². The first-order valence-electron chi connectivity index (χ1n) is 6.29. The van der Waals surface area contributed by atoms with E-state index in [4.69, 9.17) is 9.47 Å². The van der Waals surface area contributed by atoms with Crippen LogP contribution >= 0.6 is 0 Å². The van der Waals surface area contributed by atoms with E-state index in [1.165, 1.54) is 0 Å². The van der Waals surface area contributed by atoms with Gasteiger partial charge in [0.1, 0.15) is 19.0 Å². The molecule has 0 aromatic heterocycles. The lowest BCUT2D eigenvalue weighted by atomic mass is 10.3. The number of hydrogen-bond donors (Lipinski definition) is 1. The third kappa shape index (κ3) is 6.25. The lowest BCUT2D eigenvalue weighted by molar-refractivity contribution is -0.143. The molecule has 1 aromatic rings. The number of rotatable bonds is 8. The van der Waals surface area contributed by atoms with Gasteiger partial charge in [-0.3, -0.25) is 4.79 Å². The molecule has 4 nitrogen and oxygen atoms in total. The molecule has 1 rings (SSSR count). The van der Waals surface area contributed by atoms with Crippen molar-refractivity contribution in [2.45, 2.75) is 26.3 Å². The van der Waals surface area contributed by atoms with Crippen molar-refractivity contribution < 1.29 is 14.3 Å². The standard InChI is InChI=1S/C14H21NO3/c1-3-12(2)15-11-14(16)18-10-9-17-13-7-5-4-6-8-13/h4-8,12,15H,3,9-11H2,1-2H3. The average Bonchev–Trinajstić information content (AvgIpc) is 2.42. The zero-order chi connectivity index (χ0) is 13.2. The topological polar surface area (TPSA) is 47.6 Å². The molecule has 1 atom stereocenters. The van der Waals surface area contributed by atoms with Crippen molar-refractivity contribution in [2.24, 2.45) is 0 Å². The highest BCUT2D eigenvalue weighted by molar-refractivity contribution is 5.71.